The van der Waals surface area contributed by atoms with E-state index < -0.39 is 42.5 Å². The first-order chi connectivity index (χ1) is 22.4. The molecular formula is C33H34ClF3N5O4S+. The number of carbonyl (C=O) groups is 3. The number of rotatable bonds is 9. The van der Waals surface area contributed by atoms with Crippen LogP contribution in [0.4, 0.5) is 18.9 Å². The number of para-hydroxylation sites is 1. The SMILES string of the molecule is Cn1cc(C(=O)Nc2cc(F)c(CC(=O)[N+]3(N4CCC(F)(F)CC4)CCC[C@H]3c3ncc(CCC(=O)O)s3)cc2Cl)c2ccccc21. The van der Waals surface area contributed by atoms with E-state index in [0.29, 0.717) is 30.0 Å². The van der Waals surface area contributed by atoms with Gasteiger partial charge in [0.1, 0.15) is 12.4 Å². The summed E-state index contributed by atoms with van der Waals surface area (Å²) in [6.07, 6.45) is 3.53. The number of nitrogens with zero attached hydrogens (tertiary/aromatic N) is 4. The Kier molecular flexibility index (Phi) is 9.18. The minimum absolute atomic E-state index is 0.0190. The number of carbonyl (C=O) groups excluding carboxylic acids is 2. The first-order valence-corrected chi connectivity index (χ1v) is 16.6. The van der Waals surface area contributed by atoms with E-state index >= 15 is 4.39 Å². The third-order valence-electron chi connectivity index (χ3n) is 9.21. The van der Waals surface area contributed by atoms with Gasteiger partial charge in [0.15, 0.2) is 11.0 Å². The van der Waals surface area contributed by atoms with E-state index in [1.54, 1.807) is 17.4 Å². The lowest BCUT2D eigenvalue weighted by Gasteiger charge is -2.46. The van der Waals surface area contributed by atoms with E-state index in [0.717, 1.165) is 21.8 Å². The van der Waals surface area contributed by atoms with Crippen molar-refractivity contribution in [1.82, 2.24) is 14.6 Å². The Morgan fingerprint density at radius 1 is 1.19 bits per heavy atom. The normalized spacial score (nSPS) is 21.3. The highest BCUT2D eigenvalue weighted by Gasteiger charge is 2.56. The van der Waals surface area contributed by atoms with Crippen molar-refractivity contribution < 1.29 is 37.3 Å². The quantitative estimate of drug-likeness (QED) is 0.188. The van der Waals surface area contributed by atoms with Crippen LogP contribution in [0.3, 0.4) is 0 Å². The van der Waals surface area contributed by atoms with Gasteiger partial charge in [-0.05, 0) is 24.6 Å². The lowest BCUT2D eigenvalue weighted by atomic mass is 10.1. The third kappa shape index (κ3) is 6.54. The fraction of sp³-hybridized carbons (Fsp3) is 0.394. The largest absolute Gasteiger partial charge is 0.481 e. The number of quaternary nitrogens is 1. The van der Waals surface area contributed by atoms with Crippen molar-refractivity contribution in [3.63, 3.8) is 0 Å². The molecule has 2 aromatic carbocycles. The van der Waals surface area contributed by atoms with E-state index in [-0.39, 0.29) is 59.1 Å². The van der Waals surface area contributed by atoms with E-state index in [4.69, 9.17) is 16.7 Å². The number of alkyl halides is 2. The molecule has 2 saturated heterocycles. The molecule has 0 aliphatic carbocycles. The maximum Gasteiger partial charge on any atom is 0.338 e. The van der Waals surface area contributed by atoms with Gasteiger partial charge >= 0.3 is 11.9 Å². The molecule has 6 rings (SSSR count). The molecule has 0 spiro atoms. The van der Waals surface area contributed by atoms with Crippen molar-refractivity contribution in [2.24, 2.45) is 7.05 Å². The molecular weight excluding hydrogens is 655 g/mol. The van der Waals surface area contributed by atoms with Crippen LogP contribution < -0.4 is 5.32 Å². The molecule has 0 bridgehead atoms. The van der Waals surface area contributed by atoms with Gasteiger partial charge in [-0.15, -0.1) is 16.3 Å². The summed E-state index contributed by atoms with van der Waals surface area (Å²) in [6, 6.07) is 9.33. The predicted octanol–water partition coefficient (Wildman–Crippen LogP) is 6.76. The molecule has 2 N–H and O–H groups in total. The Bertz CT molecular complexity index is 1850. The van der Waals surface area contributed by atoms with E-state index in [9.17, 15) is 23.2 Å². The summed E-state index contributed by atoms with van der Waals surface area (Å²) in [6.45, 7) is 0.303. The number of nitrogens with one attached hydrogen (secondary N) is 1. The van der Waals surface area contributed by atoms with Crippen LogP contribution in [0.2, 0.25) is 5.02 Å². The molecule has 14 heteroatoms. The molecule has 2 amide bonds. The molecule has 0 saturated carbocycles. The van der Waals surface area contributed by atoms with Crippen molar-refractivity contribution in [1.29, 1.82) is 0 Å². The van der Waals surface area contributed by atoms with Gasteiger partial charge in [-0.3, -0.25) is 9.59 Å². The number of aliphatic carboxylic acids is 1. The molecule has 2 aliphatic heterocycles. The molecule has 9 nitrogen and oxygen atoms in total. The zero-order valence-corrected chi connectivity index (χ0v) is 27.2. The van der Waals surface area contributed by atoms with Crippen molar-refractivity contribution >= 4 is 57.3 Å². The number of halogens is 4. The van der Waals surface area contributed by atoms with Crippen LogP contribution in [0.1, 0.15) is 64.0 Å². The lowest BCUT2D eigenvalue weighted by molar-refractivity contribution is -0.986. The highest BCUT2D eigenvalue weighted by atomic mass is 35.5. The maximum absolute atomic E-state index is 15.7. The number of aromatic nitrogens is 2. The second kappa shape index (κ2) is 13.0. The molecule has 2 fully saturated rings. The van der Waals surface area contributed by atoms with Gasteiger partial charge in [-0.2, -0.15) is 4.59 Å². The average Bonchev–Trinajstić information content (AvgIpc) is 3.76. The number of anilines is 1. The van der Waals surface area contributed by atoms with E-state index in [2.05, 4.69) is 10.3 Å². The molecule has 1 unspecified atom stereocenters. The molecule has 2 aromatic heterocycles. The summed E-state index contributed by atoms with van der Waals surface area (Å²) in [5, 5.41) is 15.0. The first kappa shape index (κ1) is 33.1. The Balaban J connectivity index is 1.27. The van der Waals surface area contributed by atoms with E-state index in [1.165, 1.54) is 17.4 Å². The van der Waals surface area contributed by atoms with Crippen LogP contribution in [-0.4, -0.2) is 67.6 Å². The molecule has 4 aromatic rings. The van der Waals surface area contributed by atoms with Crippen molar-refractivity contribution in [2.75, 3.05) is 25.0 Å². The minimum atomic E-state index is -2.84. The third-order valence-corrected chi connectivity index (χ3v) is 10.7. The van der Waals surface area contributed by atoms with Gasteiger partial charge in [0.2, 0.25) is 0 Å². The van der Waals surface area contributed by atoms with Crippen LogP contribution in [0, 0.1) is 5.82 Å². The number of amides is 2. The number of carboxylic acids is 1. The number of carboxylic acid groups (broad SMARTS) is 1. The minimum Gasteiger partial charge on any atom is -0.481 e. The van der Waals surface area contributed by atoms with Gasteiger partial charge < -0.3 is 15.0 Å². The monoisotopic (exact) mass is 688 g/mol. The van der Waals surface area contributed by atoms with Gasteiger partial charge in [0.05, 0.1) is 42.2 Å². The fourth-order valence-corrected chi connectivity index (χ4v) is 8.17. The molecule has 4 heterocycles. The Hall–Kier alpha value is -3.78. The molecule has 47 heavy (non-hydrogen) atoms. The van der Waals surface area contributed by atoms with Crippen LogP contribution in [0.15, 0.2) is 48.8 Å². The highest BCUT2D eigenvalue weighted by molar-refractivity contribution is 7.11. The molecule has 248 valence electrons. The molecule has 0 radical (unpaired) electrons. The number of hydrogen-bond donors (Lipinski definition) is 2. The number of aryl methyl sites for hydroxylation is 2. The van der Waals surface area contributed by atoms with Crippen molar-refractivity contribution in [2.45, 2.75) is 56.9 Å². The molecule has 2 atom stereocenters. The average molecular weight is 689 g/mol. The topological polar surface area (TPSA) is 105 Å². The van der Waals surface area contributed by atoms with Crippen LogP contribution in [0.5, 0.6) is 0 Å². The lowest BCUT2D eigenvalue weighted by Crippen LogP contribution is -2.65. The van der Waals surface area contributed by atoms with Gasteiger partial charge in [0.25, 0.3) is 11.8 Å². The number of piperidine rings is 1. The first-order valence-electron chi connectivity index (χ1n) is 15.4. The van der Waals surface area contributed by atoms with Gasteiger partial charge in [0, 0.05) is 66.5 Å². The summed E-state index contributed by atoms with van der Waals surface area (Å²) in [5.41, 5.74) is 1.32. The van der Waals surface area contributed by atoms with Crippen LogP contribution in [0.25, 0.3) is 10.9 Å². The van der Waals surface area contributed by atoms with Crippen LogP contribution in [-0.2, 0) is 29.5 Å². The fourth-order valence-electron chi connectivity index (χ4n) is 6.83. The number of fused-ring (bicyclic) bond motifs is 1. The number of likely N-dealkylation sites (tertiary alicyclic amines) is 1. The van der Waals surface area contributed by atoms with E-state index in [1.807, 2.05) is 35.9 Å². The maximum atomic E-state index is 15.7. The standard InChI is InChI=1S/C33H33ClF3N5O4S/c1-40-19-23(22-5-2-3-6-27(22)40)31(46)39-26-17-25(35)20(15-24(26)34)16-29(43)42(41-12-10-33(36,37)11-13-41)14-4-7-28(42)32-38-18-21(47-32)8-9-30(44)45/h2-3,5-6,15,17-19,28H,4,7-14,16H2,1H3,(H-,39,44,45,46)/p+1/t28-,42?/m0/s1. The zero-order chi connectivity index (χ0) is 33.5. The Morgan fingerprint density at radius 3 is 2.68 bits per heavy atom. The summed E-state index contributed by atoms with van der Waals surface area (Å²) >= 11 is 7.87. The summed E-state index contributed by atoms with van der Waals surface area (Å²) in [4.78, 5) is 44.0. The van der Waals surface area contributed by atoms with Crippen LogP contribution >= 0.6 is 22.9 Å². The summed E-state index contributed by atoms with van der Waals surface area (Å²) < 4.78 is 45.7. The second-order valence-electron chi connectivity index (χ2n) is 12.2. The van der Waals surface area contributed by atoms with Gasteiger partial charge in [-0.25, -0.2) is 22.9 Å². The van der Waals surface area contributed by atoms with Crippen molar-refractivity contribution in [3.05, 3.63) is 80.6 Å². The number of thiazole rings is 1. The summed E-state index contributed by atoms with van der Waals surface area (Å²) in [5.74, 6) is -5.35. The Morgan fingerprint density at radius 2 is 1.94 bits per heavy atom. The number of benzene rings is 2. The smallest absolute Gasteiger partial charge is 0.338 e. The summed E-state index contributed by atoms with van der Waals surface area (Å²) in [7, 11) is 1.82. The van der Waals surface area contributed by atoms with Crippen molar-refractivity contribution in [3.8, 4) is 0 Å². The highest BCUT2D eigenvalue weighted by Crippen LogP contribution is 2.45. The second-order valence-corrected chi connectivity index (χ2v) is 13.7. The van der Waals surface area contributed by atoms with Gasteiger partial charge in [-0.1, -0.05) is 29.8 Å². The number of hydrogen-bond acceptors (Lipinski definition) is 6. The Labute approximate surface area is 278 Å². The zero-order valence-electron chi connectivity index (χ0n) is 25.6. The predicted molar refractivity (Wildman–Crippen MR) is 172 cm³/mol. The molecule has 2 aliphatic rings.